The molecule has 11 heteroatoms. The average molecular weight is 549 g/mol. The third kappa shape index (κ3) is 5.15. The summed E-state index contributed by atoms with van der Waals surface area (Å²) in [6.45, 7) is 1.65. The minimum Gasteiger partial charge on any atom is -0.337 e. The standard InChI is InChI=1S/C23H19BrF2N4O3S/c1-2-8-34(32,33)30-17-7-6-16(25)20(21(17)26)19(31)10-13-9-18-23(27-12-13)29-22(28-18)14-4-3-5-15(24)11-14/h3-7,9,11-12,30H,2,8,10H2,1H3,(H,27,28,29). The van der Waals surface area contributed by atoms with Gasteiger partial charge in [0.25, 0.3) is 0 Å². The van der Waals surface area contributed by atoms with Gasteiger partial charge in [-0.15, -0.1) is 0 Å². The number of nitrogens with zero attached hydrogens (tertiary/aromatic N) is 2. The molecule has 34 heavy (non-hydrogen) atoms. The molecule has 0 saturated carbocycles. The van der Waals surface area contributed by atoms with Gasteiger partial charge in [0.2, 0.25) is 10.0 Å². The molecular weight excluding hydrogens is 530 g/mol. The molecule has 0 amide bonds. The van der Waals surface area contributed by atoms with Crippen LogP contribution in [-0.2, 0) is 16.4 Å². The number of halogens is 3. The number of imidazole rings is 1. The van der Waals surface area contributed by atoms with Gasteiger partial charge in [0.05, 0.1) is 22.5 Å². The Morgan fingerprint density at radius 3 is 2.71 bits per heavy atom. The number of benzene rings is 2. The van der Waals surface area contributed by atoms with Crippen LogP contribution in [0.15, 0.2) is 53.1 Å². The molecule has 0 spiro atoms. The number of sulfonamides is 1. The van der Waals surface area contributed by atoms with E-state index in [1.165, 1.54) is 6.20 Å². The molecule has 2 aromatic carbocycles. The molecule has 2 N–H and O–H groups in total. The third-order valence-corrected chi connectivity index (χ3v) is 6.93. The second-order valence-corrected chi connectivity index (χ2v) is 10.4. The molecule has 0 bridgehead atoms. The minimum atomic E-state index is -3.82. The predicted octanol–water partition coefficient (Wildman–Crippen LogP) is 5.24. The van der Waals surface area contributed by atoms with Crippen LogP contribution in [0, 0.1) is 11.6 Å². The van der Waals surface area contributed by atoms with Gasteiger partial charge in [-0.3, -0.25) is 9.52 Å². The van der Waals surface area contributed by atoms with Crippen molar-refractivity contribution in [3.8, 4) is 11.4 Å². The second kappa shape index (κ2) is 9.59. The Bertz CT molecular complexity index is 1510. The van der Waals surface area contributed by atoms with Crippen LogP contribution >= 0.6 is 15.9 Å². The van der Waals surface area contributed by atoms with Gasteiger partial charge in [0, 0.05) is 22.7 Å². The number of ketones is 1. The minimum absolute atomic E-state index is 0.231. The zero-order chi connectivity index (χ0) is 24.5. The molecule has 2 heterocycles. The Balaban J connectivity index is 1.61. The summed E-state index contributed by atoms with van der Waals surface area (Å²) in [4.78, 5) is 24.6. The first-order chi connectivity index (χ1) is 16.2. The first kappa shape index (κ1) is 24.0. The van der Waals surface area contributed by atoms with E-state index in [4.69, 9.17) is 0 Å². The van der Waals surface area contributed by atoms with E-state index in [0.717, 1.165) is 22.2 Å². The lowest BCUT2D eigenvalue weighted by Gasteiger charge is -2.11. The molecule has 0 radical (unpaired) electrons. The van der Waals surface area contributed by atoms with Gasteiger partial charge in [-0.2, -0.15) is 0 Å². The van der Waals surface area contributed by atoms with Crippen LogP contribution in [0.4, 0.5) is 14.5 Å². The monoisotopic (exact) mass is 548 g/mol. The number of aromatic amines is 1. The van der Waals surface area contributed by atoms with E-state index in [2.05, 4.69) is 35.6 Å². The van der Waals surface area contributed by atoms with Crippen LogP contribution in [0.2, 0.25) is 0 Å². The zero-order valence-electron chi connectivity index (χ0n) is 17.9. The molecule has 176 valence electrons. The van der Waals surface area contributed by atoms with Crippen LogP contribution in [0.5, 0.6) is 0 Å². The first-order valence-electron chi connectivity index (χ1n) is 10.3. The highest BCUT2D eigenvalue weighted by molar-refractivity contribution is 9.10. The molecule has 7 nitrogen and oxygen atoms in total. The van der Waals surface area contributed by atoms with E-state index in [-0.39, 0.29) is 12.2 Å². The van der Waals surface area contributed by atoms with Crippen molar-refractivity contribution in [1.82, 2.24) is 15.0 Å². The molecule has 0 atom stereocenters. The van der Waals surface area contributed by atoms with Crippen LogP contribution < -0.4 is 4.72 Å². The molecular formula is C23H19BrF2N4O3S. The number of carbonyl (C=O) groups is 1. The van der Waals surface area contributed by atoms with Gasteiger partial charge in [0.15, 0.2) is 17.2 Å². The molecule has 0 aliphatic carbocycles. The molecule has 4 rings (SSSR count). The van der Waals surface area contributed by atoms with E-state index >= 15 is 0 Å². The van der Waals surface area contributed by atoms with Crippen LogP contribution in [0.1, 0.15) is 29.3 Å². The van der Waals surface area contributed by atoms with Crippen molar-refractivity contribution in [2.24, 2.45) is 0 Å². The van der Waals surface area contributed by atoms with Gasteiger partial charge in [-0.1, -0.05) is 35.0 Å². The predicted molar refractivity (Wildman–Crippen MR) is 129 cm³/mol. The molecule has 0 aliphatic heterocycles. The van der Waals surface area contributed by atoms with Gasteiger partial charge < -0.3 is 4.98 Å². The fraction of sp³-hybridized carbons (Fsp3) is 0.174. The maximum Gasteiger partial charge on any atom is 0.232 e. The van der Waals surface area contributed by atoms with Crippen molar-refractivity contribution >= 4 is 48.6 Å². The summed E-state index contributed by atoms with van der Waals surface area (Å²) >= 11 is 3.41. The fourth-order valence-electron chi connectivity index (χ4n) is 3.46. The van der Waals surface area contributed by atoms with Gasteiger partial charge in [0.1, 0.15) is 11.6 Å². The second-order valence-electron chi connectivity index (χ2n) is 7.62. The lowest BCUT2D eigenvalue weighted by Crippen LogP contribution is -2.19. The van der Waals surface area contributed by atoms with Crippen LogP contribution in [0.3, 0.4) is 0 Å². The zero-order valence-corrected chi connectivity index (χ0v) is 20.3. The average Bonchev–Trinajstić information content (AvgIpc) is 3.19. The van der Waals surface area contributed by atoms with Gasteiger partial charge in [-0.25, -0.2) is 27.2 Å². The van der Waals surface area contributed by atoms with E-state index in [1.54, 1.807) is 13.0 Å². The number of Topliss-reactive ketones (excluding diaryl/α,β-unsaturated/α-hetero) is 1. The summed E-state index contributed by atoms with van der Waals surface area (Å²) in [7, 11) is -3.82. The molecule has 0 saturated heterocycles. The fourth-order valence-corrected chi connectivity index (χ4v) is 4.99. The molecule has 4 aromatic rings. The Labute approximate surface area is 202 Å². The Kier molecular flexibility index (Phi) is 6.76. The van der Waals surface area contributed by atoms with E-state index < -0.39 is 38.7 Å². The highest BCUT2D eigenvalue weighted by Gasteiger charge is 2.23. The quantitative estimate of drug-likeness (QED) is 0.293. The number of fused-ring (bicyclic) bond motifs is 1. The number of nitrogens with one attached hydrogen (secondary N) is 2. The Morgan fingerprint density at radius 2 is 1.97 bits per heavy atom. The van der Waals surface area contributed by atoms with E-state index in [0.29, 0.717) is 29.0 Å². The summed E-state index contributed by atoms with van der Waals surface area (Å²) in [5.74, 6) is -2.83. The summed E-state index contributed by atoms with van der Waals surface area (Å²) in [5, 5.41) is 0. The molecule has 0 fully saturated rings. The van der Waals surface area contributed by atoms with Crippen LogP contribution in [-0.4, -0.2) is 34.9 Å². The number of anilines is 1. The van der Waals surface area contributed by atoms with Crippen molar-refractivity contribution in [1.29, 1.82) is 0 Å². The molecule has 2 aromatic heterocycles. The Morgan fingerprint density at radius 1 is 1.18 bits per heavy atom. The van der Waals surface area contributed by atoms with Crippen molar-refractivity contribution < 1.29 is 22.0 Å². The van der Waals surface area contributed by atoms with Gasteiger partial charge >= 0.3 is 0 Å². The number of hydrogen-bond acceptors (Lipinski definition) is 5. The number of H-pyrrole nitrogens is 1. The maximum atomic E-state index is 14.9. The molecule has 0 aliphatic rings. The van der Waals surface area contributed by atoms with Gasteiger partial charge in [-0.05, 0) is 42.3 Å². The number of carbonyl (C=O) groups excluding carboxylic acids is 1. The number of aromatic nitrogens is 3. The highest BCUT2D eigenvalue weighted by Crippen LogP contribution is 2.26. The van der Waals surface area contributed by atoms with Crippen molar-refractivity contribution in [2.45, 2.75) is 19.8 Å². The summed E-state index contributed by atoms with van der Waals surface area (Å²) in [6, 6.07) is 11.0. The largest absolute Gasteiger partial charge is 0.337 e. The summed E-state index contributed by atoms with van der Waals surface area (Å²) in [5.41, 5.74) is 0.947. The molecule has 0 unspecified atom stereocenters. The first-order valence-corrected chi connectivity index (χ1v) is 12.7. The van der Waals surface area contributed by atoms with Crippen molar-refractivity contribution in [3.63, 3.8) is 0 Å². The number of hydrogen-bond donors (Lipinski definition) is 2. The van der Waals surface area contributed by atoms with Crippen LogP contribution in [0.25, 0.3) is 22.6 Å². The summed E-state index contributed by atoms with van der Waals surface area (Å²) in [6.07, 6.45) is 1.39. The number of pyridine rings is 1. The Hall–Kier alpha value is -3.18. The lowest BCUT2D eigenvalue weighted by atomic mass is 10.0. The summed E-state index contributed by atoms with van der Waals surface area (Å²) < 4.78 is 56.2. The maximum absolute atomic E-state index is 14.9. The van der Waals surface area contributed by atoms with E-state index in [9.17, 15) is 22.0 Å². The highest BCUT2D eigenvalue weighted by atomic mass is 79.9. The lowest BCUT2D eigenvalue weighted by molar-refractivity contribution is 0.0985. The SMILES string of the molecule is CCCS(=O)(=O)Nc1ccc(F)c(C(=O)Cc2cnc3nc(-c4cccc(Br)c4)[nH]c3c2)c1F. The number of rotatable bonds is 8. The smallest absolute Gasteiger partial charge is 0.232 e. The van der Waals surface area contributed by atoms with Crippen molar-refractivity contribution in [3.05, 3.63) is 75.9 Å². The normalized spacial score (nSPS) is 11.6. The third-order valence-electron chi connectivity index (χ3n) is 4.97. The van der Waals surface area contributed by atoms with Crippen molar-refractivity contribution in [2.75, 3.05) is 10.5 Å². The topological polar surface area (TPSA) is 105 Å². The van der Waals surface area contributed by atoms with E-state index in [1.807, 2.05) is 24.3 Å².